The van der Waals surface area contributed by atoms with E-state index in [0.29, 0.717) is 19.5 Å². The molecule has 3 aromatic rings. The number of aromatic nitrogens is 4. The average Bonchev–Trinajstić information content (AvgIpc) is 3.43. The maximum Gasteiger partial charge on any atom is 0.225 e. The highest BCUT2D eigenvalue weighted by Crippen LogP contribution is 2.28. The fraction of sp³-hybridized carbons (Fsp3) is 0.444. The molecule has 0 radical (unpaired) electrons. The lowest BCUT2D eigenvalue weighted by Gasteiger charge is -2.17. The van der Waals surface area contributed by atoms with E-state index in [2.05, 4.69) is 20.3 Å². The highest BCUT2D eigenvalue weighted by atomic mass is 32.2. The van der Waals surface area contributed by atoms with Gasteiger partial charge in [-0.05, 0) is 30.5 Å². The zero-order valence-electron chi connectivity index (χ0n) is 15.2. The van der Waals surface area contributed by atoms with Crippen molar-refractivity contribution in [2.45, 2.75) is 31.0 Å². The summed E-state index contributed by atoms with van der Waals surface area (Å²) in [6.45, 7) is 3.18. The van der Waals surface area contributed by atoms with Gasteiger partial charge in [0, 0.05) is 24.5 Å². The van der Waals surface area contributed by atoms with Gasteiger partial charge >= 0.3 is 0 Å². The van der Waals surface area contributed by atoms with Gasteiger partial charge in [-0.3, -0.25) is 4.79 Å². The maximum atomic E-state index is 12.1. The van der Waals surface area contributed by atoms with E-state index in [0.717, 1.165) is 40.0 Å². The van der Waals surface area contributed by atoms with Gasteiger partial charge < -0.3 is 10.2 Å². The summed E-state index contributed by atoms with van der Waals surface area (Å²) < 4.78 is 1.86. The summed E-state index contributed by atoms with van der Waals surface area (Å²) in [5, 5.41) is 11.2. The monoisotopic (exact) mass is 402 g/mol. The van der Waals surface area contributed by atoms with E-state index in [9.17, 15) is 4.79 Å². The molecule has 4 rings (SSSR count). The summed E-state index contributed by atoms with van der Waals surface area (Å²) in [5.74, 6) is 1.01. The topological polar surface area (TPSA) is 75.9 Å². The maximum absolute atomic E-state index is 12.1. The van der Waals surface area contributed by atoms with Crippen LogP contribution in [0.25, 0.3) is 11.0 Å². The predicted molar refractivity (Wildman–Crippen MR) is 110 cm³/mol. The third-order valence-electron chi connectivity index (χ3n) is 4.60. The summed E-state index contributed by atoms with van der Waals surface area (Å²) in [6, 6.07) is 3.94. The third-order valence-corrected chi connectivity index (χ3v) is 6.03. The van der Waals surface area contributed by atoms with Crippen LogP contribution in [0.5, 0.6) is 0 Å². The summed E-state index contributed by atoms with van der Waals surface area (Å²) in [7, 11) is 0. The molecule has 4 heterocycles. The first kappa shape index (κ1) is 18.2. The van der Waals surface area contributed by atoms with Crippen LogP contribution in [0, 0.1) is 0 Å². The van der Waals surface area contributed by atoms with E-state index < -0.39 is 0 Å². The molecule has 1 saturated heterocycles. The minimum atomic E-state index is 0.0334. The van der Waals surface area contributed by atoms with Crippen LogP contribution in [0.4, 0.5) is 5.82 Å². The molecule has 1 amide bonds. The van der Waals surface area contributed by atoms with Gasteiger partial charge in [0.1, 0.15) is 5.82 Å². The van der Waals surface area contributed by atoms with Crippen molar-refractivity contribution in [2.75, 3.05) is 30.8 Å². The van der Waals surface area contributed by atoms with Crippen molar-refractivity contribution in [3.05, 3.63) is 28.6 Å². The molecule has 7 nitrogen and oxygen atoms in total. The van der Waals surface area contributed by atoms with E-state index in [4.69, 9.17) is 4.98 Å². The molecule has 1 aliphatic rings. The number of carbonyl (C=O) groups excluding carboxylic acids is 1. The minimum absolute atomic E-state index is 0.0334. The largest absolute Gasteiger partial charge is 0.356 e. The number of fused-ring (bicyclic) bond motifs is 1. The van der Waals surface area contributed by atoms with Crippen LogP contribution in [0.15, 0.2) is 28.9 Å². The number of nitrogens with one attached hydrogen (secondary N) is 1. The van der Waals surface area contributed by atoms with E-state index in [1.54, 1.807) is 23.1 Å². The van der Waals surface area contributed by atoms with Crippen molar-refractivity contribution in [3.8, 4) is 0 Å². The van der Waals surface area contributed by atoms with Crippen molar-refractivity contribution in [1.29, 1.82) is 0 Å². The fourth-order valence-corrected chi connectivity index (χ4v) is 4.34. The molecule has 0 atom stereocenters. The van der Waals surface area contributed by atoms with Crippen LogP contribution in [-0.4, -0.2) is 51.5 Å². The zero-order chi connectivity index (χ0) is 18.6. The Balaban J connectivity index is 1.47. The van der Waals surface area contributed by atoms with Gasteiger partial charge in [0.25, 0.3) is 0 Å². The second-order valence-electron chi connectivity index (χ2n) is 6.44. The second-order valence-corrected chi connectivity index (χ2v) is 8.24. The first-order valence-electron chi connectivity index (χ1n) is 9.06. The van der Waals surface area contributed by atoms with E-state index >= 15 is 0 Å². The van der Waals surface area contributed by atoms with Gasteiger partial charge in [-0.25, -0.2) is 14.6 Å². The highest BCUT2D eigenvalue weighted by molar-refractivity contribution is 7.98. The molecule has 1 N–H and O–H groups in total. The Bertz CT molecular complexity index is 917. The van der Waals surface area contributed by atoms with Crippen LogP contribution >= 0.6 is 23.1 Å². The van der Waals surface area contributed by atoms with Gasteiger partial charge in [-0.1, -0.05) is 17.8 Å². The zero-order valence-corrected chi connectivity index (χ0v) is 16.9. The molecular formula is C18H22N6OS2. The Hall–Kier alpha value is -2.13. The number of hydrogen-bond acceptors (Lipinski definition) is 7. The Kier molecular flexibility index (Phi) is 5.58. The number of nitrogens with zero attached hydrogens (tertiary/aromatic N) is 5. The van der Waals surface area contributed by atoms with Crippen molar-refractivity contribution in [3.63, 3.8) is 0 Å². The molecule has 0 bridgehead atoms. The van der Waals surface area contributed by atoms with Gasteiger partial charge in [0.05, 0.1) is 24.5 Å². The Morgan fingerprint density at radius 1 is 1.33 bits per heavy atom. The first-order valence-corrected chi connectivity index (χ1v) is 11.2. The lowest BCUT2D eigenvalue weighted by molar-refractivity contribution is -0.120. The van der Waals surface area contributed by atoms with Crippen molar-refractivity contribution in [2.24, 2.45) is 0 Å². The summed E-state index contributed by atoms with van der Waals surface area (Å²) >= 11 is 3.14. The number of carbonyl (C=O) groups is 1. The average molecular weight is 403 g/mol. The molecule has 0 saturated carbocycles. The van der Waals surface area contributed by atoms with Crippen LogP contribution in [-0.2, 0) is 17.8 Å². The number of thiophene rings is 1. The molecule has 0 aliphatic carbocycles. The fourth-order valence-electron chi connectivity index (χ4n) is 3.28. The standard InChI is InChI=1S/C18H22N6OS2/c1-26-18-21-16(23-7-2-3-8-23)14-12-20-24(17(14)22-18)9-6-19-15(25)11-13-5-4-10-27-13/h4-5,10,12H,2-3,6-9,11H2,1H3,(H,19,25). The van der Waals surface area contributed by atoms with Crippen LogP contribution in [0.2, 0.25) is 0 Å². The van der Waals surface area contributed by atoms with Crippen LogP contribution in [0.1, 0.15) is 17.7 Å². The molecule has 0 spiro atoms. The Labute approximate surface area is 166 Å². The molecule has 9 heteroatoms. The number of rotatable bonds is 7. The molecule has 0 aromatic carbocycles. The van der Waals surface area contributed by atoms with E-state index in [1.807, 2.05) is 34.6 Å². The van der Waals surface area contributed by atoms with Gasteiger partial charge in [-0.2, -0.15) is 5.10 Å². The molecule has 142 valence electrons. The normalized spacial score (nSPS) is 14.2. The van der Waals surface area contributed by atoms with E-state index in [1.165, 1.54) is 12.8 Å². The first-order chi connectivity index (χ1) is 13.2. The second kappa shape index (κ2) is 8.26. The smallest absolute Gasteiger partial charge is 0.225 e. The molecule has 1 aliphatic heterocycles. The van der Waals surface area contributed by atoms with Gasteiger partial charge in [0.15, 0.2) is 10.8 Å². The summed E-state index contributed by atoms with van der Waals surface area (Å²) in [4.78, 5) is 24.8. The van der Waals surface area contributed by atoms with Gasteiger partial charge in [-0.15, -0.1) is 11.3 Å². The SMILES string of the molecule is CSc1nc(N2CCCC2)c2cnn(CCNC(=O)Cc3cccs3)c2n1. The lowest BCUT2D eigenvalue weighted by atomic mass is 10.3. The molecule has 1 fully saturated rings. The minimum Gasteiger partial charge on any atom is -0.356 e. The molecular weight excluding hydrogens is 380 g/mol. The van der Waals surface area contributed by atoms with Crippen molar-refractivity contribution >= 4 is 45.9 Å². The van der Waals surface area contributed by atoms with Crippen LogP contribution in [0.3, 0.4) is 0 Å². The summed E-state index contributed by atoms with van der Waals surface area (Å²) in [6.07, 6.45) is 6.66. The van der Waals surface area contributed by atoms with Gasteiger partial charge in [0.2, 0.25) is 5.91 Å². The third kappa shape index (κ3) is 4.08. The Morgan fingerprint density at radius 2 is 2.19 bits per heavy atom. The Morgan fingerprint density at radius 3 is 2.93 bits per heavy atom. The number of hydrogen-bond donors (Lipinski definition) is 1. The van der Waals surface area contributed by atoms with Crippen LogP contribution < -0.4 is 10.2 Å². The highest BCUT2D eigenvalue weighted by Gasteiger charge is 2.20. The number of amides is 1. The summed E-state index contributed by atoms with van der Waals surface area (Å²) in [5.41, 5.74) is 0.837. The van der Waals surface area contributed by atoms with Crippen molar-refractivity contribution < 1.29 is 4.79 Å². The quantitative estimate of drug-likeness (QED) is 0.484. The number of anilines is 1. The number of thioether (sulfide) groups is 1. The van der Waals surface area contributed by atoms with E-state index in [-0.39, 0.29) is 5.91 Å². The molecule has 0 unspecified atom stereocenters. The molecule has 3 aromatic heterocycles. The lowest BCUT2D eigenvalue weighted by Crippen LogP contribution is -2.28. The predicted octanol–water partition coefficient (Wildman–Crippen LogP) is 2.57. The molecule has 27 heavy (non-hydrogen) atoms. The van der Waals surface area contributed by atoms with Crippen molar-refractivity contribution in [1.82, 2.24) is 25.1 Å².